The first-order valence-electron chi connectivity index (χ1n) is 6.31. The lowest BCUT2D eigenvalue weighted by molar-refractivity contribution is -0.133. The fraction of sp³-hybridized carbons (Fsp3) is 0.286. The van der Waals surface area contributed by atoms with Crippen LogP contribution in [0.2, 0.25) is 0 Å². The van der Waals surface area contributed by atoms with Gasteiger partial charge in [-0.2, -0.15) is 11.8 Å². The zero-order valence-electron chi connectivity index (χ0n) is 11.3. The average Bonchev–Trinajstić information content (AvgIpc) is 2.78. The predicted molar refractivity (Wildman–Crippen MR) is 98.3 cm³/mol. The van der Waals surface area contributed by atoms with Crippen molar-refractivity contribution in [1.82, 2.24) is 9.55 Å². The van der Waals surface area contributed by atoms with Crippen LogP contribution >= 0.6 is 46.1 Å². The number of halogens is 1. The van der Waals surface area contributed by atoms with Crippen LogP contribution < -0.4 is 0 Å². The zero-order chi connectivity index (χ0) is 15.2. The lowest BCUT2D eigenvalue weighted by Gasteiger charge is -2.07. The Labute approximate surface area is 145 Å². The van der Waals surface area contributed by atoms with Gasteiger partial charge in [-0.15, -0.1) is 6.58 Å². The van der Waals surface area contributed by atoms with Crippen molar-refractivity contribution in [3.8, 4) is 0 Å². The van der Waals surface area contributed by atoms with Gasteiger partial charge in [0, 0.05) is 21.6 Å². The maximum atomic E-state index is 10.8. The number of hydrogen-bond acceptors (Lipinski definition) is 4. The van der Waals surface area contributed by atoms with E-state index >= 15 is 0 Å². The van der Waals surface area contributed by atoms with E-state index in [0.717, 1.165) is 37.8 Å². The Bertz CT molecular complexity index is 658. The number of aromatic nitrogens is 2. The van der Waals surface area contributed by atoms with Gasteiger partial charge in [-0.1, -0.05) is 17.8 Å². The standard InChI is InChI=1S/C14H15IN2O2S2/c1-2-6-20-7-5-17-12-4-3-10(15)8-11(12)16-14(17)21-9-13(18)19/h2-4,8H,1,5-7,9H2,(H,18,19). The lowest BCUT2D eigenvalue weighted by Crippen LogP contribution is -2.05. The minimum atomic E-state index is -0.825. The van der Waals surface area contributed by atoms with E-state index in [1.54, 1.807) is 11.8 Å². The fourth-order valence-corrected chi connectivity index (χ4v) is 3.74. The number of imidazole rings is 1. The van der Waals surface area contributed by atoms with Crippen molar-refractivity contribution in [1.29, 1.82) is 0 Å². The first-order chi connectivity index (χ1) is 10.1. The molecule has 0 unspecified atom stereocenters. The van der Waals surface area contributed by atoms with Gasteiger partial charge in [0.2, 0.25) is 0 Å². The van der Waals surface area contributed by atoms with E-state index in [1.165, 1.54) is 11.8 Å². The average molecular weight is 434 g/mol. The third-order valence-corrected chi connectivity index (χ3v) is 5.27. The third-order valence-electron chi connectivity index (χ3n) is 2.69. The molecule has 112 valence electrons. The minimum absolute atomic E-state index is 0.0280. The number of benzene rings is 1. The minimum Gasteiger partial charge on any atom is -0.481 e. The highest BCUT2D eigenvalue weighted by molar-refractivity contribution is 14.1. The molecule has 0 atom stereocenters. The van der Waals surface area contributed by atoms with Crippen LogP contribution in [0.4, 0.5) is 0 Å². The molecule has 0 aliphatic heterocycles. The second-order valence-corrected chi connectivity index (χ2v) is 7.56. The molecule has 0 saturated heterocycles. The van der Waals surface area contributed by atoms with Gasteiger partial charge in [0.1, 0.15) is 0 Å². The van der Waals surface area contributed by atoms with Crippen LogP contribution in [-0.4, -0.2) is 37.9 Å². The molecule has 0 fully saturated rings. The lowest BCUT2D eigenvalue weighted by atomic mass is 10.3. The van der Waals surface area contributed by atoms with Gasteiger partial charge >= 0.3 is 5.97 Å². The Morgan fingerprint density at radius 1 is 1.52 bits per heavy atom. The molecule has 0 radical (unpaired) electrons. The molecule has 0 amide bonds. The van der Waals surface area contributed by atoms with E-state index in [2.05, 4.69) is 38.7 Å². The molecule has 0 spiro atoms. The molecular weight excluding hydrogens is 419 g/mol. The highest BCUT2D eigenvalue weighted by Gasteiger charge is 2.12. The molecule has 1 N–H and O–H groups in total. The van der Waals surface area contributed by atoms with Gasteiger partial charge in [-0.3, -0.25) is 4.79 Å². The van der Waals surface area contributed by atoms with Crippen molar-refractivity contribution in [2.45, 2.75) is 11.7 Å². The molecule has 7 heteroatoms. The van der Waals surface area contributed by atoms with Crippen LogP contribution in [0.5, 0.6) is 0 Å². The number of thioether (sulfide) groups is 2. The number of carboxylic acid groups (broad SMARTS) is 1. The van der Waals surface area contributed by atoms with Crippen LogP contribution in [0.3, 0.4) is 0 Å². The van der Waals surface area contributed by atoms with E-state index in [4.69, 9.17) is 5.11 Å². The maximum absolute atomic E-state index is 10.8. The highest BCUT2D eigenvalue weighted by Crippen LogP contribution is 2.25. The maximum Gasteiger partial charge on any atom is 0.313 e. The van der Waals surface area contributed by atoms with Crippen LogP contribution in [0, 0.1) is 3.57 Å². The van der Waals surface area contributed by atoms with Crippen molar-refractivity contribution in [2.24, 2.45) is 0 Å². The monoisotopic (exact) mass is 434 g/mol. The molecule has 2 rings (SSSR count). The van der Waals surface area contributed by atoms with Crippen LogP contribution in [-0.2, 0) is 11.3 Å². The summed E-state index contributed by atoms with van der Waals surface area (Å²) in [5, 5.41) is 9.63. The van der Waals surface area contributed by atoms with Crippen molar-refractivity contribution < 1.29 is 9.90 Å². The number of carbonyl (C=O) groups is 1. The molecule has 0 bridgehead atoms. The number of fused-ring (bicyclic) bond motifs is 1. The molecule has 2 aromatic rings. The second-order valence-electron chi connectivity index (χ2n) is 4.23. The summed E-state index contributed by atoms with van der Waals surface area (Å²) in [5.41, 5.74) is 1.98. The molecule has 0 aliphatic carbocycles. The largest absolute Gasteiger partial charge is 0.481 e. The number of nitrogens with zero attached hydrogens (tertiary/aromatic N) is 2. The molecule has 21 heavy (non-hydrogen) atoms. The fourth-order valence-electron chi connectivity index (χ4n) is 1.86. The van der Waals surface area contributed by atoms with E-state index in [-0.39, 0.29) is 5.75 Å². The SMILES string of the molecule is C=CCSCCn1c(SCC(=O)O)nc2cc(I)ccc21. The number of rotatable bonds is 8. The Kier molecular flexibility index (Phi) is 6.43. The summed E-state index contributed by atoms with van der Waals surface area (Å²) in [6.07, 6.45) is 1.89. The second kappa shape index (κ2) is 8.09. The van der Waals surface area contributed by atoms with Crippen molar-refractivity contribution in [2.75, 3.05) is 17.3 Å². The Hall–Kier alpha value is -0.670. The molecule has 0 aliphatic rings. The summed E-state index contributed by atoms with van der Waals surface area (Å²) in [6, 6.07) is 6.12. The Balaban J connectivity index is 2.25. The topological polar surface area (TPSA) is 55.1 Å². The third kappa shape index (κ3) is 4.65. The van der Waals surface area contributed by atoms with E-state index in [9.17, 15) is 4.79 Å². The number of aliphatic carboxylic acids is 1. The summed E-state index contributed by atoms with van der Waals surface area (Å²) < 4.78 is 3.23. The van der Waals surface area contributed by atoms with Gasteiger partial charge in [-0.25, -0.2) is 4.98 Å². The predicted octanol–water partition coefficient (Wildman–Crippen LogP) is 3.74. The smallest absolute Gasteiger partial charge is 0.313 e. The number of aryl methyl sites for hydroxylation is 1. The summed E-state index contributed by atoms with van der Waals surface area (Å²) in [7, 11) is 0. The molecule has 0 saturated carbocycles. The zero-order valence-corrected chi connectivity index (χ0v) is 15.1. The first kappa shape index (κ1) is 16.7. The Morgan fingerprint density at radius 2 is 2.33 bits per heavy atom. The van der Waals surface area contributed by atoms with Crippen molar-refractivity contribution in [3.05, 3.63) is 34.4 Å². The number of carboxylic acids is 1. The van der Waals surface area contributed by atoms with Crippen LogP contribution in [0.25, 0.3) is 11.0 Å². The summed E-state index contributed by atoms with van der Waals surface area (Å²) >= 11 is 5.33. The van der Waals surface area contributed by atoms with Crippen LogP contribution in [0.1, 0.15) is 0 Å². The van der Waals surface area contributed by atoms with Gasteiger partial charge in [0.25, 0.3) is 0 Å². The van der Waals surface area contributed by atoms with Crippen molar-refractivity contribution >= 4 is 63.1 Å². The molecule has 1 aromatic heterocycles. The molecular formula is C14H15IN2O2S2. The van der Waals surface area contributed by atoms with Crippen molar-refractivity contribution in [3.63, 3.8) is 0 Å². The summed E-state index contributed by atoms with van der Waals surface area (Å²) in [6.45, 7) is 4.53. The van der Waals surface area contributed by atoms with Gasteiger partial charge in [-0.05, 0) is 40.8 Å². The van der Waals surface area contributed by atoms with E-state index < -0.39 is 5.97 Å². The van der Waals surface area contributed by atoms with E-state index in [0.29, 0.717) is 0 Å². The van der Waals surface area contributed by atoms with Gasteiger partial charge < -0.3 is 9.67 Å². The summed E-state index contributed by atoms with van der Waals surface area (Å²) in [5.74, 6) is 1.07. The van der Waals surface area contributed by atoms with E-state index in [1.807, 2.05) is 24.3 Å². The highest BCUT2D eigenvalue weighted by atomic mass is 127. The van der Waals surface area contributed by atoms with Gasteiger partial charge in [0.05, 0.1) is 16.8 Å². The molecule has 1 aromatic carbocycles. The van der Waals surface area contributed by atoms with Crippen LogP contribution in [0.15, 0.2) is 36.0 Å². The van der Waals surface area contributed by atoms with Gasteiger partial charge in [0.15, 0.2) is 5.16 Å². The number of hydrogen-bond donors (Lipinski definition) is 1. The quantitative estimate of drug-likeness (QED) is 0.297. The molecule has 1 heterocycles. The molecule has 4 nitrogen and oxygen atoms in total. The Morgan fingerprint density at radius 3 is 3.05 bits per heavy atom. The normalized spacial score (nSPS) is 10.9. The summed E-state index contributed by atoms with van der Waals surface area (Å²) in [4.78, 5) is 15.4. The first-order valence-corrected chi connectivity index (χ1v) is 9.52.